The van der Waals surface area contributed by atoms with Crippen LogP contribution in [0.1, 0.15) is 30.9 Å². The predicted molar refractivity (Wildman–Crippen MR) is 82.1 cm³/mol. The molecule has 18 heavy (non-hydrogen) atoms. The molecule has 0 aliphatic carbocycles. The van der Waals surface area contributed by atoms with Crippen molar-refractivity contribution in [2.24, 2.45) is 5.73 Å². The molecule has 0 spiro atoms. The first-order chi connectivity index (χ1) is 8.31. The molecule has 1 aromatic rings. The topological polar surface area (TPSA) is 52.3 Å². The van der Waals surface area contributed by atoms with Crippen LogP contribution in [-0.4, -0.2) is 23.9 Å². The van der Waals surface area contributed by atoms with Crippen molar-refractivity contribution in [3.63, 3.8) is 0 Å². The Hall–Kier alpha value is -0.0400. The van der Waals surface area contributed by atoms with E-state index in [4.69, 9.17) is 10.5 Å². The van der Waals surface area contributed by atoms with Crippen molar-refractivity contribution in [2.45, 2.75) is 31.6 Å². The van der Waals surface area contributed by atoms with E-state index < -0.39 is 5.60 Å². The van der Waals surface area contributed by atoms with Gasteiger partial charge in [0.05, 0.1) is 14.8 Å². The zero-order chi connectivity index (χ0) is 13.8. The maximum atomic E-state index is 11.6. The first-order valence-electron chi connectivity index (χ1n) is 5.60. The van der Waals surface area contributed by atoms with Crippen LogP contribution in [0.3, 0.4) is 0 Å². The molecule has 0 amide bonds. The third-order valence-corrected chi connectivity index (χ3v) is 5.09. The number of thiophene rings is 1. The highest BCUT2D eigenvalue weighted by atomic mass is 79.9. The van der Waals surface area contributed by atoms with Gasteiger partial charge in [0, 0.05) is 11.4 Å². The van der Waals surface area contributed by atoms with Crippen molar-refractivity contribution in [2.75, 3.05) is 12.3 Å². The van der Waals surface area contributed by atoms with Gasteiger partial charge in [-0.15, -0.1) is 23.1 Å². The Morgan fingerprint density at radius 3 is 2.67 bits per heavy atom. The van der Waals surface area contributed by atoms with Crippen LogP contribution in [0.15, 0.2) is 15.9 Å². The number of halogens is 1. The normalized spacial score (nSPS) is 13.4. The fraction of sp³-hybridized carbons (Fsp3) is 0.583. The SMILES string of the molecule is CC(C)(C)OC(=O)CSC(CN)c1ccc(Br)s1. The molecule has 102 valence electrons. The second-order valence-corrected chi connectivity index (χ2v) is 8.45. The van der Waals surface area contributed by atoms with E-state index in [1.807, 2.05) is 32.9 Å². The summed E-state index contributed by atoms with van der Waals surface area (Å²) in [6.07, 6.45) is 0. The van der Waals surface area contributed by atoms with E-state index in [1.165, 1.54) is 16.6 Å². The minimum absolute atomic E-state index is 0.147. The molecule has 0 radical (unpaired) electrons. The summed E-state index contributed by atoms with van der Waals surface area (Å²) in [5.74, 6) is 0.135. The standard InChI is InChI=1S/C12H18BrNO2S2/c1-12(2,3)16-11(15)7-17-9(6-14)8-4-5-10(13)18-8/h4-5,9H,6-7,14H2,1-3H3. The smallest absolute Gasteiger partial charge is 0.316 e. The molecular weight excluding hydrogens is 334 g/mol. The van der Waals surface area contributed by atoms with Gasteiger partial charge in [-0.25, -0.2) is 0 Å². The Bertz CT molecular complexity index is 401. The maximum Gasteiger partial charge on any atom is 0.316 e. The average molecular weight is 352 g/mol. The molecule has 1 aromatic heterocycles. The minimum Gasteiger partial charge on any atom is -0.459 e. The third-order valence-electron chi connectivity index (χ3n) is 1.95. The summed E-state index contributed by atoms with van der Waals surface area (Å²) >= 11 is 6.60. The molecule has 0 saturated carbocycles. The highest BCUT2D eigenvalue weighted by molar-refractivity contribution is 9.11. The van der Waals surface area contributed by atoms with Gasteiger partial charge in [0.1, 0.15) is 5.60 Å². The van der Waals surface area contributed by atoms with Crippen molar-refractivity contribution in [1.82, 2.24) is 0 Å². The molecule has 0 aliphatic heterocycles. The number of hydrogen-bond acceptors (Lipinski definition) is 5. The van der Waals surface area contributed by atoms with Gasteiger partial charge in [-0.3, -0.25) is 4.79 Å². The minimum atomic E-state index is -0.429. The predicted octanol–water partition coefficient (Wildman–Crippen LogP) is 3.59. The van der Waals surface area contributed by atoms with Gasteiger partial charge in [-0.05, 0) is 48.8 Å². The van der Waals surface area contributed by atoms with Gasteiger partial charge < -0.3 is 10.5 Å². The summed E-state index contributed by atoms with van der Waals surface area (Å²) in [4.78, 5) is 12.8. The molecule has 0 saturated heterocycles. The lowest BCUT2D eigenvalue weighted by Gasteiger charge is -2.20. The molecule has 2 N–H and O–H groups in total. The van der Waals surface area contributed by atoms with Gasteiger partial charge in [0.15, 0.2) is 0 Å². The van der Waals surface area contributed by atoms with Gasteiger partial charge in [0.25, 0.3) is 0 Å². The summed E-state index contributed by atoms with van der Waals surface area (Å²) in [5, 5.41) is 0.147. The molecule has 0 aliphatic rings. The van der Waals surface area contributed by atoms with Crippen LogP contribution < -0.4 is 5.73 Å². The van der Waals surface area contributed by atoms with Crippen molar-refractivity contribution in [1.29, 1.82) is 0 Å². The summed E-state index contributed by atoms with van der Waals surface area (Å²) < 4.78 is 6.34. The number of carbonyl (C=O) groups excluding carboxylic acids is 1. The van der Waals surface area contributed by atoms with Crippen LogP contribution in [0, 0.1) is 0 Å². The lowest BCUT2D eigenvalue weighted by atomic mass is 10.2. The number of esters is 1. The van der Waals surface area contributed by atoms with Crippen molar-refractivity contribution in [3.05, 3.63) is 20.8 Å². The summed E-state index contributed by atoms with van der Waals surface area (Å²) in [7, 11) is 0. The highest BCUT2D eigenvalue weighted by Gasteiger charge is 2.19. The number of carbonyl (C=O) groups is 1. The van der Waals surface area contributed by atoms with E-state index in [0.29, 0.717) is 12.3 Å². The Kier molecular flexibility index (Phi) is 6.17. The first-order valence-corrected chi connectivity index (χ1v) is 8.26. The van der Waals surface area contributed by atoms with E-state index >= 15 is 0 Å². The summed E-state index contributed by atoms with van der Waals surface area (Å²) in [6.45, 7) is 6.12. The maximum absolute atomic E-state index is 11.6. The zero-order valence-electron chi connectivity index (χ0n) is 10.7. The molecule has 3 nitrogen and oxygen atoms in total. The van der Waals surface area contributed by atoms with E-state index in [2.05, 4.69) is 15.9 Å². The Labute approximate surface area is 125 Å². The molecule has 1 unspecified atom stereocenters. The Morgan fingerprint density at radius 2 is 2.22 bits per heavy atom. The van der Waals surface area contributed by atoms with Crippen LogP contribution in [0.5, 0.6) is 0 Å². The van der Waals surface area contributed by atoms with Crippen LogP contribution in [-0.2, 0) is 9.53 Å². The molecule has 1 rings (SSSR count). The van der Waals surface area contributed by atoms with E-state index in [9.17, 15) is 4.79 Å². The fourth-order valence-electron chi connectivity index (χ4n) is 1.31. The van der Waals surface area contributed by atoms with Gasteiger partial charge in [-0.2, -0.15) is 0 Å². The van der Waals surface area contributed by atoms with E-state index in [1.54, 1.807) is 11.3 Å². The van der Waals surface area contributed by atoms with E-state index in [-0.39, 0.29) is 11.2 Å². The molecule has 0 fully saturated rings. The van der Waals surface area contributed by atoms with Gasteiger partial charge in [0.2, 0.25) is 0 Å². The molecule has 0 bridgehead atoms. The lowest BCUT2D eigenvalue weighted by molar-refractivity contribution is -0.151. The molecule has 6 heteroatoms. The van der Waals surface area contributed by atoms with Crippen LogP contribution in [0.4, 0.5) is 0 Å². The van der Waals surface area contributed by atoms with Crippen LogP contribution >= 0.6 is 39.0 Å². The average Bonchev–Trinajstić information content (AvgIpc) is 2.63. The van der Waals surface area contributed by atoms with Crippen LogP contribution in [0.2, 0.25) is 0 Å². The molecule has 1 heterocycles. The Balaban J connectivity index is 2.48. The molecular formula is C12H18BrNO2S2. The fourth-order valence-corrected chi connectivity index (χ4v) is 3.85. The van der Waals surface area contributed by atoms with Crippen molar-refractivity contribution in [3.8, 4) is 0 Å². The van der Waals surface area contributed by atoms with Crippen LogP contribution in [0.25, 0.3) is 0 Å². The number of thioether (sulfide) groups is 1. The third kappa shape index (κ3) is 5.73. The quantitative estimate of drug-likeness (QED) is 0.823. The lowest BCUT2D eigenvalue weighted by Crippen LogP contribution is -2.25. The second-order valence-electron chi connectivity index (χ2n) is 4.76. The number of rotatable bonds is 5. The van der Waals surface area contributed by atoms with Crippen molar-refractivity contribution >= 4 is 45.0 Å². The van der Waals surface area contributed by atoms with E-state index in [0.717, 1.165) is 3.79 Å². The zero-order valence-corrected chi connectivity index (χ0v) is 14.0. The summed E-state index contributed by atoms with van der Waals surface area (Å²) in [5.41, 5.74) is 5.32. The summed E-state index contributed by atoms with van der Waals surface area (Å²) in [6, 6.07) is 4.03. The Morgan fingerprint density at radius 1 is 1.56 bits per heavy atom. The number of ether oxygens (including phenoxy) is 1. The van der Waals surface area contributed by atoms with Gasteiger partial charge >= 0.3 is 5.97 Å². The number of hydrogen-bond donors (Lipinski definition) is 1. The molecule has 0 aromatic carbocycles. The largest absolute Gasteiger partial charge is 0.459 e. The monoisotopic (exact) mass is 351 g/mol. The van der Waals surface area contributed by atoms with Gasteiger partial charge in [-0.1, -0.05) is 0 Å². The highest BCUT2D eigenvalue weighted by Crippen LogP contribution is 2.35. The first kappa shape index (κ1) is 16.0. The molecule has 1 atom stereocenters. The van der Waals surface area contributed by atoms with Crippen molar-refractivity contribution < 1.29 is 9.53 Å². The number of nitrogens with two attached hydrogens (primary N) is 1. The second kappa shape index (κ2) is 6.93.